The second-order valence-corrected chi connectivity index (χ2v) is 10.5. The van der Waals surface area contributed by atoms with Crippen LogP contribution in [0.2, 0.25) is 0 Å². The minimum absolute atomic E-state index is 0. The van der Waals surface area contributed by atoms with Gasteiger partial charge in [0.2, 0.25) is 0 Å². The van der Waals surface area contributed by atoms with Crippen LogP contribution >= 0.6 is 24.2 Å². The van der Waals surface area contributed by atoms with Crippen molar-refractivity contribution in [1.82, 2.24) is 24.8 Å². The van der Waals surface area contributed by atoms with Gasteiger partial charge in [-0.1, -0.05) is 39.0 Å². The van der Waals surface area contributed by atoms with Crippen LogP contribution in [0.5, 0.6) is 0 Å². The number of anilines is 1. The highest BCUT2D eigenvalue weighted by molar-refractivity contribution is 7.99. The van der Waals surface area contributed by atoms with Gasteiger partial charge < -0.3 is 4.90 Å². The van der Waals surface area contributed by atoms with Crippen molar-refractivity contribution in [1.29, 1.82) is 0 Å². The largest absolute Gasteiger partial charge is 0.354 e. The summed E-state index contributed by atoms with van der Waals surface area (Å²) in [5, 5.41) is 0.878. The number of piperazine rings is 1. The third kappa shape index (κ3) is 6.53. The van der Waals surface area contributed by atoms with E-state index in [-0.39, 0.29) is 17.8 Å². The lowest BCUT2D eigenvalue weighted by Crippen LogP contribution is -2.47. The summed E-state index contributed by atoms with van der Waals surface area (Å²) in [7, 11) is 0. The van der Waals surface area contributed by atoms with E-state index in [9.17, 15) is 0 Å². The molecule has 0 unspecified atom stereocenters. The Hall–Kier alpha value is -1.44. The van der Waals surface area contributed by atoms with E-state index < -0.39 is 0 Å². The molecule has 1 aliphatic heterocycles. The van der Waals surface area contributed by atoms with Crippen LogP contribution in [0.1, 0.15) is 63.9 Å². The lowest BCUT2D eigenvalue weighted by molar-refractivity contribution is 0.258. The molecule has 3 heterocycles. The van der Waals surface area contributed by atoms with Gasteiger partial charge in [0.25, 0.3) is 0 Å². The van der Waals surface area contributed by atoms with Gasteiger partial charge in [-0.05, 0) is 31.9 Å². The summed E-state index contributed by atoms with van der Waals surface area (Å²) in [6, 6.07) is 4.13. The zero-order chi connectivity index (χ0) is 21.0. The third-order valence-corrected chi connectivity index (χ3v) is 6.98. The molecule has 0 spiro atoms. The number of rotatable bonds is 7. The average molecular weight is 463 g/mol. The Kier molecular flexibility index (Phi) is 8.53. The maximum atomic E-state index is 4.98. The summed E-state index contributed by atoms with van der Waals surface area (Å²) in [5.41, 5.74) is 1.25. The smallest absolute Gasteiger partial charge is 0.187 e. The van der Waals surface area contributed by atoms with Gasteiger partial charge in [-0.25, -0.2) is 19.9 Å². The van der Waals surface area contributed by atoms with Gasteiger partial charge in [-0.3, -0.25) is 4.90 Å². The molecule has 0 radical (unpaired) electrons. The fourth-order valence-electron chi connectivity index (χ4n) is 3.88. The summed E-state index contributed by atoms with van der Waals surface area (Å²) < 4.78 is 0. The van der Waals surface area contributed by atoms with Gasteiger partial charge in [0.05, 0.1) is 0 Å². The molecule has 0 N–H and O–H groups in total. The molecular formula is C23H35ClN6S. The van der Waals surface area contributed by atoms with E-state index >= 15 is 0 Å². The first-order chi connectivity index (χ1) is 14.5. The Balaban J connectivity index is 0.00000272. The molecule has 31 heavy (non-hydrogen) atoms. The predicted octanol–water partition coefficient (Wildman–Crippen LogP) is 4.56. The summed E-state index contributed by atoms with van der Waals surface area (Å²) in [4.78, 5) is 23.5. The third-order valence-electron chi connectivity index (χ3n) is 6.01. The van der Waals surface area contributed by atoms with Crippen LogP contribution in [0.3, 0.4) is 0 Å². The first-order valence-corrected chi connectivity index (χ1v) is 12.2. The molecule has 6 nitrogen and oxygen atoms in total. The number of hydrogen-bond acceptors (Lipinski definition) is 7. The predicted molar refractivity (Wildman–Crippen MR) is 131 cm³/mol. The Morgan fingerprint density at radius 3 is 2.35 bits per heavy atom. The Labute approximate surface area is 197 Å². The maximum Gasteiger partial charge on any atom is 0.187 e. The second-order valence-electron chi connectivity index (χ2n) is 9.41. The number of hydrogen-bond donors (Lipinski definition) is 0. The van der Waals surface area contributed by atoms with E-state index in [0.29, 0.717) is 5.92 Å². The molecule has 2 aromatic heterocycles. The van der Waals surface area contributed by atoms with Gasteiger partial charge in [0.1, 0.15) is 11.6 Å². The molecule has 0 amide bonds. The quantitative estimate of drug-likeness (QED) is 0.339. The molecule has 0 aromatic carbocycles. The molecule has 2 aliphatic rings. The molecule has 0 atom stereocenters. The highest BCUT2D eigenvalue weighted by Gasteiger charge is 2.27. The molecule has 4 rings (SSSR count). The first-order valence-electron chi connectivity index (χ1n) is 11.3. The summed E-state index contributed by atoms with van der Waals surface area (Å²) in [6.07, 6.45) is 8.67. The number of nitrogens with zero attached hydrogens (tertiary/aromatic N) is 6. The highest BCUT2D eigenvalue weighted by atomic mass is 35.5. The molecular weight excluding hydrogens is 428 g/mol. The van der Waals surface area contributed by atoms with Crippen molar-refractivity contribution in [2.45, 2.75) is 62.9 Å². The fraction of sp³-hybridized carbons (Fsp3) is 0.652. The highest BCUT2D eigenvalue weighted by Crippen LogP contribution is 2.37. The SMILES string of the molecule is CC(C)(C)c1nc(C2CCC2)cc(N2CCN(CCCSc3ncccn3)CC2)n1.Cl. The molecule has 1 saturated carbocycles. The van der Waals surface area contributed by atoms with Crippen LogP contribution in [0.4, 0.5) is 5.82 Å². The molecule has 2 fully saturated rings. The lowest BCUT2D eigenvalue weighted by atomic mass is 9.82. The van der Waals surface area contributed by atoms with Crippen LogP contribution in [0.25, 0.3) is 0 Å². The van der Waals surface area contributed by atoms with Crippen molar-refractivity contribution in [3.05, 3.63) is 36.0 Å². The topological polar surface area (TPSA) is 58.0 Å². The Morgan fingerprint density at radius 1 is 1.03 bits per heavy atom. The zero-order valence-electron chi connectivity index (χ0n) is 19.0. The first kappa shape index (κ1) is 24.2. The minimum atomic E-state index is -0.0174. The van der Waals surface area contributed by atoms with Crippen molar-refractivity contribution >= 4 is 30.0 Å². The summed E-state index contributed by atoms with van der Waals surface area (Å²) in [6.45, 7) is 12.1. The number of thioether (sulfide) groups is 1. The zero-order valence-corrected chi connectivity index (χ0v) is 20.6. The lowest BCUT2D eigenvalue weighted by Gasteiger charge is -2.36. The fourth-order valence-corrected chi connectivity index (χ4v) is 4.60. The van der Waals surface area contributed by atoms with Crippen LogP contribution < -0.4 is 4.90 Å². The summed E-state index contributed by atoms with van der Waals surface area (Å²) in [5.74, 6) is 3.83. The van der Waals surface area contributed by atoms with Crippen LogP contribution in [0.15, 0.2) is 29.7 Å². The van der Waals surface area contributed by atoms with Gasteiger partial charge in [0.15, 0.2) is 5.16 Å². The van der Waals surface area contributed by atoms with E-state index in [1.807, 2.05) is 18.5 Å². The number of aromatic nitrogens is 4. The Morgan fingerprint density at radius 2 is 1.74 bits per heavy atom. The molecule has 1 saturated heterocycles. The van der Waals surface area contributed by atoms with Crippen LogP contribution in [-0.4, -0.2) is 63.3 Å². The van der Waals surface area contributed by atoms with Crippen molar-refractivity contribution in [3.63, 3.8) is 0 Å². The second kappa shape index (κ2) is 10.9. The van der Waals surface area contributed by atoms with Crippen molar-refractivity contribution in [3.8, 4) is 0 Å². The van der Waals surface area contributed by atoms with E-state index in [4.69, 9.17) is 9.97 Å². The van der Waals surface area contributed by atoms with Crippen molar-refractivity contribution in [2.24, 2.45) is 0 Å². The molecule has 0 bridgehead atoms. The van der Waals surface area contributed by atoms with Gasteiger partial charge >= 0.3 is 0 Å². The van der Waals surface area contributed by atoms with Gasteiger partial charge in [-0.15, -0.1) is 12.4 Å². The standard InChI is InChI=1S/C23H34N6S.ClH/c1-23(2,3)21-26-19(18-7-4-8-18)17-20(27-21)29-14-12-28(13-15-29)11-6-16-30-22-24-9-5-10-25-22;/h5,9-10,17-18H,4,6-8,11-16H2,1-3H3;1H. The minimum Gasteiger partial charge on any atom is -0.354 e. The van der Waals surface area contributed by atoms with Crippen LogP contribution in [-0.2, 0) is 5.41 Å². The molecule has 170 valence electrons. The van der Waals surface area contributed by atoms with E-state index in [2.05, 4.69) is 46.6 Å². The molecule has 8 heteroatoms. The van der Waals surface area contributed by atoms with Gasteiger partial charge in [-0.2, -0.15) is 0 Å². The van der Waals surface area contributed by atoms with Crippen LogP contribution in [0, 0.1) is 0 Å². The summed E-state index contributed by atoms with van der Waals surface area (Å²) >= 11 is 1.75. The molecule has 1 aliphatic carbocycles. The normalized spacial score (nSPS) is 17.8. The average Bonchev–Trinajstić information content (AvgIpc) is 2.70. The van der Waals surface area contributed by atoms with Crippen molar-refractivity contribution in [2.75, 3.05) is 43.4 Å². The Bertz CT molecular complexity index is 817. The van der Waals surface area contributed by atoms with E-state index in [0.717, 1.165) is 61.7 Å². The van der Waals surface area contributed by atoms with Crippen molar-refractivity contribution < 1.29 is 0 Å². The van der Waals surface area contributed by atoms with E-state index in [1.165, 1.54) is 25.0 Å². The number of halogens is 1. The van der Waals surface area contributed by atoms with Gasteiger partial charge in [0, 0.05) is 67.4 Å². The maximum absolute atomic E-state index is 4.98. The molecule has 2 aromatic rings. The van der Waals surface area contributed by atoms with E-state index in [1.54, 1.807) is 11.8 Å². The monoisotopic (exact) mass is 462 g/mol.